The summed E-state index contributed by atoms with van der Waals surface area (Å²) in [6, 6.07) is 0. The number of hydrogen-bond donors (Lipinski definition) is 0. The quantitative estimate of drug-likeness (QED) is 0.300. The van der Waals surface area contributed by atoms with Crippen LogP contribution in [0.25, 0.3) is 0 Å². The average molecular weight is 413 g/mol. The Labute approximate surface area is 182 Å². The SMILES string of the molecule is C=C/C=C(C)/C=C/C=C(C)/C=C/C1=C(C)[C@@H](O[Si](C)(C)C(C)(C)C)CCC1(C)C. The summed E-state index contributed by atoms with van der Waals surface area (Å²) in [4.78, 5) is 0. The van der Waals surface area contributed by atoms with Crippen LogP contribution in [0.5, 0.6) is 0 Å². The highest BCUT2D eigenvalue weighted by Crippen LogP contribution is 2.45. The lowest BCUT2D eigenvalue weighted by Gasteiger charge is -2.44. The van der Waals surface area contributed by atoms with Crippen LogP contribution in [0.4, 0.5) is 0 Å². The minimum Gasteiger partial charge on any atom is -0.410 e. The maximum Gasteiger partial charge on any atom is 0.192 e. The lowest BCUT2D eigenvalue weighted by molar-refractivity contribution is 0.168. The summed E-state index contributed by atoms with van der Waals surface area (Å²) in [5.74, 6) is 0. The van der Waals surface area contributed by atoms with Gasteiger partial charge in [-0.2, -0.15) is 0 Å². The second-order valence-electron chi connectivity index (χ2n) is 10.6. The first-order valence-corrected chi connectivity index (χ1v) is 13.8. The number of hydrogen-bond acceptors (Lipinski definition) is 1. The molecule has 1 nitrogen and oxygen atoms in total. The van der Waals surface area contributed by atoms with Crippen LogP contribution in [0.1, 0.15) is 68.2 Å². The van der Waals surface area contributed by atoms with Gasteiger partial charge in [0.05, 0.1) is 6.10 Å². The van der Waals surface area contributed by atoms with Crippen LogP contribution in [-0.4, -0.2) is 14.4 Å². The van der Waals surface area contributed by atoms with E-state index in [2.05, 4.69) is 105 Å². The Kier molecular flexibility index (Phi) is 8.92. The fourth-order valence-electron chi connectivity index (χ4n) is 3.45. The Morgan fingerprint density at radius 3 is 2.24 bits per heavy atom. The smallest absolute Gasteiger partial charge is 0.192 e. The van der Waals surface area contributed by atoms with Crippen molar-refractivity contribution in [1.29, 1.82) is 0 Å². The van der Waals surface area contributed by atoms with E-state index in [1.807, 2.05) is 12.2 Å². The van der Waals surface area contributed by atoms with Crippen molar-refractivity contribution in [3.05, 3.63) is 71.4 Å². The molecule has 0 spiro atoms. The molecule has 0 heterocycles. The maximum absolute atomic E-state index is 6.81. The summed E-state index contributed by atoms with van der Waals surface area (Å²) in [6.07, 6.45) is 17.3. The van der Waals surface area contributed by atoms with Gasteiger partial charge in [-0.3, -0.25) is 0 Å². The molecule has 0 aliphatic heterocycles. The van der Waals surface area contributed by atoms with Gasteiger partial charge in [0.15, 0.2) is 8.32 Å². The molecule has 1 aliphatic rings. The topological polar surface area (TPSA) is 9.23 Å². The molecule has 0 bridgehead atoms. The molecule has 0 aromatic rings. The third-order valence-corrected chi connectivity index (χ3v) is 11.0. The molecule has 0 amide bonds. The van der Waals surface area contributed by atoms with Crippen molar-refractivity contribution in [2.45, 2.75) is 92.5 Å². The molecule has 162 valence electrons. The first kappa shape index (κ1) is 25.7. The van der Waals surface area contributed by atoms with E-state index in [4.69, 9.17) is 4.43 Å². The van der Waals surface area contributed by atoms with Crippen LogP contribution < -0.4 is 0 Å². The molecule has 0 saturated carbocycles. The second kappa shape index (κ2) is 10.1. The van der Waals surface area contributed by atoms with E-state index >= 15 is 0 Å². The molecule has 1 aliphatic carbocycles. The molecule has 2 heteroatoms. The van der Waals surface area contributed by atoms with Gasteiger partial charge in [0.2, 0.25) is 0 Å². The van der Waals surface area contributed by atoms with Crippen molar-refractivity contribution < 1.29 is 4.43 Å². The molecule has 0 fully saturated rings. The van der Waals surface area contributed by atoms with Crippen LogP contribution in [0.3, 0.4) is 0 Å². The Bertz CT molecular complexity index is 733. The van der Waals surface area contributed by atoms with Crippen molar-refractivity contribution >= 4 is 8.32 Å². The average Bonchev–Trinajstić information content (AvgIpc) is 2.56. The number of allylic oxidation sites excluding steroid dienone is 10. The van der Waals surface area contributed by atoms with E-state index < -0.39 is 8.32 Å². The summed E-state index contributed by atoms with van der Waals surface area (Å²) >= 11 is 0. The van der Waals surface area contributed by atoms with E-state index in [9.17, 15) is 0 Å². The van der Waals surface area contributed by atoms with Crippen LogP contribution >= 0.6 is 0 Å². The summed E-state index contributed by atoms with van der Waals surface area (Å²) in [5.41, 5.74) is 5.48. The normalized spacial score (nSPS) is 22.1. The lowest BCUT2D eigenvalue weighted by Crippen LogP contribution is -2.45. The van der Waals surface area contributed by atoms with Gasteiger partial charge in [0, 0.05) is 0 Å². The predicted molar refractivity (Wildman–Crippen MR) is 134 cm³/mol. The highest BCUT2D eigenvalue weighted by atomic mass is 28.4. The van der Waals surface area contributed by atoms with E-state index in [1.165, 1.54) is 22.3 Å². The standard InChI is InChI=1S/C27H44OSi/c1-12-14-21(2)15-13-16-22(3)17-18-24-23(4)25(19-20-27(24,8)9)28-29(10,11)26(5,6)7/h12-18,25H,1,19-20H2,2-11H3/b15-13+,18-17+,21-14+,22-16+/t25-/m0/s1. The van der Waals surface area contributed by atoms with Crippen molar-refractivity contribution in [2.75, 3.05) is 0 Å². The van der Waals surface area contributed by atoms with Crippen molar-refractivity contribution in [3.63, 3.8) is 0 Å². The van der Waals surface area contributed by atoms with E-state index in [0.29, 0.717) is 0 Å². The summed E-state index contributed by atoms with van der Waals surface area (Å²) in [6.45, 7) is 26.7. The molecular weight excluding hydrogens is 368 g/mol. The maximum atomic E-state index is 6.81. The van der Waals surface area contributed by atoms with Gasteiger partial charge in [-0.15, -0.1) is 0 Å². The van der Waals surface area contributed by atoms with Crippen molar-refractivity contribution in [1.82, 2.24) is 0 Å². The Morgan fingerprint density at radius 1 is 1.10 bits per heavy atom. The molecule has 0 aromatic heterocycles. The van der Waals surface area contributed by atoms with Gasteiger partial charge in [0.25, 0.3) is 0 Å². The fourth-order valence-corrected chi connectivity index (χ4v) is 4.81. The van der Waals surface area contributed by atoms with Gasteiger partial charge < -0.3 is 4.43 Å². The molecule has 0 unspecified atom stereocenters. The third kappa shape index (κ3) is 7.42. The molecule has 1 rings (SSSR count). The molecule has 29 heavy (non-hydrogen) atoms. The summed E-state index contributed by atoms with van der Waals surface area (Å²) < 4.78 is 6.81. The molecule has 0 radical (unpaired) electrons. The first-order chi connectivity index (χ1) is 13.2. The Morgan fingerprint density at radius 2 is 1.69 bits per heavy atom. The Balaban J connectivity index is 3.10. The van der Waals surface area contributed by atoms with Gasteiger partial charge in [0.1, 0.15) is 0 Å². The summed E-state index contributed by atoms with van der Waals surface area (Å²) in [7, 11) is -1.78. The van der Waals surface area contributed by atoms with Crippen LogP contribution in [0.15, 0.2) is 71.4 Å². The molecule has 0 saturated heterocycles. The fraction of sp³-hybridized carbons (Fsp3) is 0.556. The third-order valence-electron chi connectivity index (χ3n) is 6.52. The molecule has 1 atom stereocenters. The van der Waals surface area contributed by atoms with E-state index in [0.717, 1.165) is 12.8 Å². The minimum absolute atomic E-state index is 0.188. The first-order valence-electron chi connectivity index (χ1n) is 10.9. The summed E-state index contributed by atoms with van der Waals surface area (Å²) in [5, 5.41) is 0.236. The molecule has 0 N–H and O–H groups in total. The van der Waals surface area contributed by atoms with Gasteiger partial charge in [-0.1, -0.05) is 94.9 Å². The highest BCUT2D eigenvalue weighted by Gasteiger charge is 2.41. The van der Waals surface area contributed by atoms with Crippen molar-refractivity contribution in [3.8, 4) is 0 Å². The predicted octanol–water partition coefficient (Wildman–Crippen LogP) is 8.70. The van der Waals surface area contributed by atoms with Gasteiger partial charge in [-0.25, -0.2) is 0 Å². The molecule has 0 aromatic carbocycles. The van der Waals surface area contributed by atoms with Crippen LogP contribution in [-0.2, 0) is 4.43 Å². The van der Waals surface area contributed by atoms with Gasteiger partial charge >= 0.3 is 0 Å². The Hall–Kier alpha value is -1.38. The second-order valence-corrected chi connectivity index (χ2v) is 15.4. The zero-order valence-electron chi connectivity index (χ0n) is 20.6. The zero-order valence-corrected chi connectivity index (χ0v) is 21.6. The monoisotopic (exact) mass is 412 g/mol. The van der Waals surface area contributed by atoms with Gasteiger partial charge in [-0.05, 0) is 68.3 Å². The van der Waals surface area contributed by atoms with Crippen LogP contribution in [0.2, 0.25) is 18.1 Å². The van der Waals surface area contributed by atoms with Crippen LogP contribution in [0, 0.1) is 5.41 Å². The lowest BCUT2D eigenvalue weighted by atomic mass is 9.71. The molecular formula is C27H44OSi. The van der Waals surface area contributed by atoms with E-state index in [-0.39, 0.29) is 16.6 Å². The highest BCUT2D eigenvalue weighted by molar-refractivity contribution is 6.74. The van der Waals surface area contributed by atoms with Crippen molar-refractivity contribution in [2.24, 2.45) is 5.41 Å². The largest absolute Gasteiger partial charge is 0.410 e. The zero-order chi connectivity index (χ0) is 22.5. The minimum atomic E-state index is -1.78. The number of rotatable bonds is 7. The van der Waals surface area contributed by atoms with E-state index in [1.54, 1.807) is 0 Å².